The molecule has 1 saturated carbocycles. The van der Waals surface area contributed by atoms with Gasteiger partial charge in [0.25, 0.3) is 0 Å². The normalized spacial score (nSPS) is 20.8. The molecule has 0 heterocycles. The molecule has 2 rings (SSSR count). The summed E-state index contributed by atoms with van der Waals surface area (Å²) in [6.45, 7) is 1.32. The summed E-state index contributed by atoms with van der Waals surface area (Å²) in [5.41, 5.74) is 0.901. The average Bonchev–Trinajstić information content (AvgIpc) is 2.50. The Morgan fingerprint density at radius 3 is 2.26 bits per heavy atom. The molecule has 122 valence electrons. The summed E-state index contributed by atoms with van der Waals surface area (Å²) < 4.78 is 0. The van der Waals surface area contributed by atoms with Crippen molar-refractivity contribution >= 4 is 17.5 Å². The van der Waals surface area contributed by atoms with Crippen LogP contribution < -0.4 is 5.32 Å². The van der Waals surface area contributed by atoms with E-state index in [1.807, 2.05) is 30.3 Å². The molecule has 6 nitrogen and oxygen atoms in total. The van der Waals surface area contributed by atoms with Crippen LogP contribution in [0, 0.1) is 0 Å². The molecule has 0 saturated heterocycles. The van der Waals surface area contributed by atoms with Crippen LogP contribution in [-0.2, 0) is 14.4 Å². The SMILES string of the molecule is CC(O)C(NC=C1C(=O)CC(c2ccccc2)CC1=O)C(=O)O. The van der Waals surface area contributed by atoms with Crippen molar-refractivity contribution in [1.82, 2.24) is 5.32 Å². The third kappa shape index (κ3) is 4.04. The van der Waals surface area contributed by atoms with E-state index >= 15 is 0 Å². The van der Waals surface area contributed by atoms with E-state index in [2.05, 4.69) is 5.32 Å². The van der Waals surface area contributed by atoms with Crippen molar-refractivity contribution in [1.29, 1.82) is 0 Å². The lowest BCUT2D eigenvalue weighted by Crippen LogP contribution is -2.43. The highest BCUT2D eigenvalue weighted by atomic mass is 16.4. The second-order valence-electron chi connectivity index (χ2n) is 5.64. The van der Waals surface area contributed by atoms with Crippen molar-refractivity contribution in [2.75, 3.05) is 0 Å². The van der Waals surface area contributed by atoms with Gasteiger partial charge in [-0.05, 0) is 18.4 Å². The summed E-state index contributed by atoms with van der Waals surface area (Å²) in [5.74, 6) is -2.05. The van der Waals surface area contributed by atoms with Gasteiger partial charge in [0.2, 0.25) is 0 Å². The number of allylic oxidation sites excluding steroid dienone is 1. The van der Waals surface area contributed by atoms with Gasteiger partial charge in [0.15, 0.2) is 11.6 Å². The van der Waals surface area contributed by atoms with E-state index in [-0.39, 0.29) is 35.9 Å². The Balaban J connectivity index is 2.11. The molecular formula is C17H19NO5. The highest BCUT2D eigenvalue weighted by Gasteiger charge is 2.32. The molecule has 0 aliphatic heterocycles. The fourth-order valence-corrected chi connectivity index (χ4v) is 2.61. The Morgan fingerprint density at radius 1 is 1.22 bits per heavy atom. The van der Waals surface area contributed by atoms with Crippen LogP contribution >= 0.6 is 0 Å². The molecule has 3 N–H and O–H groups in total. The molecule has 2 unspecified atom stereocenters. The maximum atomic E-state index is 12.2. The Hall–Kier alpha value is -2.47. The fourth-order valence-electron chi connectivity index (χ4n) is 2.61. The van der Waals surface area contributed by atoms with E-state index in [4.69, 9.17) is 5.11 Å². The molecule has 0 amide bonds. The molecule has 1 aliphatic rings. The van der Waals surface area contributed by atoms with E-state index in [1.165, 1.54) is 6.92 Å². The molecule has 0 radical (unpaired) electrons. The van der Waals surface area contributed by atoms with Crippen molar-refractivity contribution in [3.8, 4) is 0 Å². The van der Waals surface area contributed by atoms with Gasteiger partial charge >= 0.3 is 5.97 Å². The molecule has 6 heteroatoms. The number of carboxylic acids is 1. The first-order chi connectivity index (χ1) is 10.9. The van der Waals surface area contributed by atoms with Gasteiger partial charge in [0.1, 0.15) is 6.04 Å². The quantitative estimate of drug-likeness (QED) is 0.553. The number of benzene rings is 1. The van der Waals surface area contributed by atoms with Crippen molar-refractivity contribution in [3.05, 3.63) is 47.7 Å². The number of aliphatic hydroxyl groups excluding tert-OH is 1. The lowest BCUT2D eigenvalue weighted by molar-refractivity contribution is -0.142. The summed E-state index contributed by atoms with van der Waals surface area (Å²) in [5, 5.41) is 20.8. The number of hydrogen-bond acceptors (Lipinski definition) is 5. The maximum Gasteiger partial charge on any atom is 0.328 e. The molecule has 23 heavy (non-hydrogen) atoms. The van der Waals surface area contributed by atoms with Crippen LogP contribution in [0.5, 0.6) is 0 Å². The molecule has 2 atom stereocenters. The zero-order valence-electron chi connectivity index (χ0n) is 12.7. The van der Waals surface area contributed by atoms with E-state index in [0.717, 1.165) is 11.8 Å². The molecule has 0 bridgehead atoms. The third-order valence-electron chi connectivity index (χ3n) is 3.89. The van der Waals surface area contributed by atoms with Gasteiger partial charge in [-0.3, -0.25) is 9.59 Å². The smallest absolute Gasteiger partial charge is 0.328 e. The van der Waals surface area contributed by atoms with Gasteiger partial charge in [0.05, 0.1) is 11.7 Å². The Morgan fingerprint density at radius 2 is 1.78 bits per heavy atom. The third-order valence-corrected chi connectivity index (χ3v) is 3.89. The molecule has 1 fully saturated rings. The van der Waals surface area contributed by atoms with Gasteiger partial charge in [-0.2, -0.15) is 0 Å². The van der Waals surface area contributed by atoms with Crippen LogP contribution in [-0.4, -0.2) is 39.9 Å². The van der Waals surface area contributed by atoms with Crippen molar-refractivity contribution in [3.63, 3.8) is 0 Å². The Bertz CT molecular complexity index is 616. The number of carbonyl (C=O) groups is 3. The molecule has 1 aromatic carbocycles. The van der Waals surface area contributed by atoms with E-state index in [1.54, 1.807) is 0 Å². The lowest BCUT2D eigenvalue weighted by atomic mass is 9.80. The van der Waals surface area contributed by atoms with Gasteiger partial charge in [-0.15, -0.1) is 0 Å². The average molecular weight is 317 g/mol. The van der Waals surface area contributed by atoms with Crippen molar-refractivity contribution < 1.29 is 24.6 Å². The van der Waals surface area contributed by atoms with Crippen molar-refractivity contribution in [2.24, 2.45) is 0 Å². The first kappa shape index (κ1) is 16.9. The number of nitrogens with one attached hydrogen (secondary N) is 1. The largest absolute Gasteiger partial charge is 0.480 e. The number of carboxylic acid groups (broad SMARTS) is 1. The summed E-state index contributed by atoms with van der Waals surface area (Å²) in [6, 6.07) is 8.08. The number of aliphatic hydroxyl groups is 1. The summed E-state index contributed by atoms with van der Waals surface area (Å²) >= 11 is 0. The Labute approximate surface area is 133 Å². The molecule has 0 aromatic heterocycles. The van der Waals surface area contributed by atoms with Gasteiger partial charge in [-0.1, -0.05) is 30.3 Å². The van der Waals surface area contributed by atoms with E-state index in [9.17, 15) is 19.5 Å². The molecule has 1 aromatic rings. The number of aliphatic carboxylic acids is 1. The highest BCUT2D eigenvalue weighted by Crippen LogP contribution is 2.31. The minimum absolute atomic E-state index is 0.0379. The number of rotatable bonds is 5. The van der Waals surface area contributed by atoms with Crippen LogP contribution in [0.4, 0.5) is 0 Å². The van der Waals surface area contributed by atoms with Gasteiger partial charge < -0.3 is 15.5 Å². The predicted octanol–water partition coefficient (Wildman–Crippen LogP) is 1.01. The second-order valence-corrected chi connectivity index (χ2v) is 5.64. The Kier molecular flexibility index (Phi) is 5.28. The van der Waals surface area contributed by atoms with Crippen molar-refractivity contribution in [2.45, 2.75) is 37.8 Å². The van der Waals surface area contributed by atoms with Crippen LogP contribution in [0.2, 0.25) is 0 Å². The van der Waals surface area contributed by atoms with E-state index in [0.29, 0.717) is 0 Å². The van der Waals surface area contributed by atoms with E-state index < -0.39 is 18.1 Å². The minimum Gasteiger partial charge on any atom is -0.480 e. The van der Waals surface area contributed by atoms with Crippen LogP contribution in [0.1, 0.15) is 31.2 Å². The number of Topliss-reactive ketones (excluding diaryl/α,β-unsaturated/α-hetero) is 2. The number of ketones is 2. The second kappa shape index (κ2) is 7.19. The van der Waals surface area contributed by atoms with Crippen LogP contribution in [0.25, 0.3) is 0 Å². The molecule has 1 aliphatic carbocycles. The highest BCUT2D eigenvalue weighted by molar-refractivity contribution is 6.22. The molecule has 0 spiro atoms. The summed E-state index contributed by atoms with van der Waals surface area (Å²) in [4.78, 5) is 35.4. The first-order valence-corrected chi connectivity index (χ1v) is 7.38. The number of hydrogen-bond donors (Lipinski definition) is 3. The van der Waals surface area contributed by atoms with Crippen LogP contribution in [0.3, 0.4) is 0 Å². The topological polar surface area (TPSA) is 104 Å². The van der Waals surface area contributed by atoms with Crippen LogP contribution in [0.15, 0.2) is 42.1 Å². The predicted molar refractivity (Wildman–Crippen MR) is 82.8 cm³/mol. The van der Waals surface area contributed by atoms with Gasteiger partial charge in [0, 0.05) is 19.0 Å². The fraction of sp³-hybridized carbons (Fsp3) is 0.353. The first-order valence-electron chi connectivity index (χ1n) is 7.38. The standard InChI is InChI=1S/C17H19NO5/c1-10(19)16(17(22)23)18-9-13-14(20)7-12(8-15(13)21)11-5-3-2-4-6-11/h2-6,9-10,12,16,18-19H,7-8H2,1H3,(H,22,23). The molecular weight excluding hydrogens is 298 g/mol. The lowest BCUT2D eigenvalue weighted by Gasteiger charge is -2.23. The summed E-state index contributed by atoms with van der Waals surface area (Å²) in [7, 11) is 0. The van der Waals surface area contributed by atoms with Gasteiger partial charge in [-0.25, -0.2) is 4.79 Å². The summed E-state index contributed by atoms with van der Waals surface area (Å²) in [6.07, 6.45) is 0.373. The minimum atomic E-state index is -1.27. The maximum absolute atomic E-state index is 12.2. The number of carbonyl (C=O) groups excluding carboxylic acids is 2. The zero-order chi connectivity index (χ0) is 17.0. The monoisotopic (exact) mass is 317 g/mol. The zero-order valence-corrected chi connectivity index (χ0v) is 12.7.